The van der Waals surface area contributed by atoms with E-state index in [1.54, 1.807) is 7.05 Å². The van der Waals surface area contributed by atoms with Crippen LogP contribution in [0.3, 0.4) is 0 Å². The van der Waals surface area contributed by atoms with Gasteiger partial charge in [0.05, 0.1) is 6.04 Å². The first kappa shape index (κ1) is 11.3. The molecule has 2 nitrogen and oxygen atoms in total. The molecule has 1 heterocycles. The van der Waals surface area contributed by atoms with Crippen LogP contribution in [0.2, 0.25) is 0 Å². The van der Waals surface area contributed by atoms with Gasteiger partial charge in [0.15, 0.2) is 11.6 Å². The molecule has 0 spiro atoms. The molecule has 0 saturated carbocycles. The zero-order valence-electron chi connectivity index (χ0n) is 9.39. The molecular formula is C12H15F2NO. The molecule has 1 aliphatic heterocycles. The summed E-state index contributed by atoms with van der Waals surface area (Å²) in [7, 11) is 1.77. The number of rotatable bonds is 3. The van der Waals surface area contributed by atoms with E-state index < -0.39 is 11.6 Å². The molecule has 0 amide bonds. The summed E-state index contributed by atoms with van der Waals surface area (Å²) in [5, 5.41) is 3.05. The summed E-state index contributed by atoms with van der Waals surface area (Å²) in [4.78, 5) is 0. The van der Waals surface area contributed by atoms with Gasteiger partial charge in [0.2, 0.25) is 0 Å². The minimum Gasteiger partial charge on any atom is -0.485 e. The molecule has 1 aromatic rings. The number of fused-ring (bicyclic) bond motifs is 1. The summed E-state index contributed by atoms with van der Waals surface area (Å²) < 4.78 is 32.1. The van der Waals surface area contributed by atoms with E-state index in [1.165, 1.54) is 6.07 Å². The van der Waals surface area contributed by atoms with Crippen molar-refractivity contribution in [1.29, 1.82) is 0 Å². The maximum atomic E-state index is 13.5. The molecule has 2 atom stereocenters. The average Bonchev–Trinajstić information content (AvgIpc) is 2.56. The molecule has 2 rings (SSSR count). The van der Waals surface area contributed by atoms with Crippen molar-refractivity contribution >= 4 is 0 Å². The normalized spacial score (nSPS) is 23.0. The molecule has 0 aliphatic carbocycles. The van der Waals surface area contributed by atoms with Gasteiger partial charge in [-0.05, 0) is 19.5 Å². The molecule has 1 aromatic carbocycles. The lowest BCUT2D eigenvalue weighted by Gasteiger charge is -2.17. The quantitative estimate of drug-likeness (QED) is 0.857. The molecule has 0 saturated heterocycles. The number of hydrogen-bond acceptors (Lipinski definition) is 2. The van der Waals surface area contributed by atoms with Gasteiger partial charge < -0.3 is 10.1 Å². The average molecular weight is 227 g/mol. The predicted octanol–water partition coefficient (Wildman–Crippen LogP) is 2.79. The third-order valence-corrected chi connectivity index (χ3v) is 2.90. The first-order chi connectivity index (χ1) is 7.67. The lowest BCUT2D eigenvalue weighted by atomic mass is 10.0. The Morgan fingerprint density at radius 1 is 1.38 bits per heavy atom. The summed E-state index contributed by atoms with van der Waals surface area (Å²) in [6.45, 7) is 2.04. The van der Waals surface area contributed by atoms with Crippen molar-refractivity contribution in [3.8, 4) is 5.75 Å². The zero-order chi connectivity index (χ0) is 11.7. The van der Waals surface area contributed by atoms with Crippen LogP contribution >= 0.6 is 0 Å². The van der Waals surface area contributed by atoms with Gasteiger partial charge in [-0.25, -0.2) is 8.78 Å². The van der Waals surface area contributed by atoms with E-state index in [9.17, 15) is 8.78 Å². The maximum absolute atomic E-state index is 13.5. The molecule has 16 heavy (non-hydrogen) atoms. The van der Waals surface area contributed by atoms with Gasteiger partial charge in [0.1, 0.15) is 11.9 Å². The lowest BCUT2D eigenvalue weighted by molar-refractivity contribution is 0.176. The SMILES string of the molecule is CCCC1Oc2c(F)cc(F)cc2C1NC. The number of benzene rings is 1. The Bertz CT molecular complexity index is 395. The summed E-state index contributed by atoms with van der Waals surface area (Å²) in [6.07, 6.45) is 1.66. The van der Waals surface area contributed by atoms with Gasteiger partial charge in [0, 0.05) is 11.6 Å². The van der Waals surface area contributed by atoms with Crippen molar-refractivity contribution in [2.75, 3.05) is 7.05 Å². The summed E-state index contributed by atoms with van der Waals surface area (Å²) in [5.41, 5.74) is 0.582. The van der Waals surface area contributed by atoms with Gasteiger partial charge in [-0.1, -0.05) is 13.3 Å². The number of likely N-dealkylation sites (N-methyl/N-ethyl adjacent to an activating group) is 1. The van der Waals surface area contributed by atoms with Crippen LogP contribution in [0.15, 0.2) is 12.1 Å². The van der Waals surface area contributed by atoms with E-state index in [0.29, 0.717) is 5.56 Å². The second-order valence-electron chi connectivity index (χ2n) is 4.02. The fourth-order valence-corrected chi connectivity index (χ4v) is 2.21. The van der Waals surface area contributed by atoms with E-state index in [4.69, 9.17) is 4.74 Å². The van der Waals surface area contributed by atoms with Gasteiger partial charge in [-0.15, -0.1) is 0 Å². The second-order valence-corrected chi connectivity index (χ2v) is 4.02. The molecule has 4 heteroatoms. The standard InChI is InChI=1S/C12H15F2NO/c1-3-4-10-11(15-2)8-5-7(13)6-9(14)12(8)16-10/h5-6,10-11,15H,3-4H2,1-2H3. The first-order valence-electron chi connectivity index (χ1n) is 5.50. The maximum Gasteiger partial charge on any atom is 0.168 e. The van der Waals surface area contributed by atoms with Crippen molar-refractivity contribution in [2.24, 2.45) is 0 Å². The van der Waals surface area contributed by atoms with Gasteiger partial charge in [-0.3, -0.25) is 0 Å². The highest BCUT2D eigenvalue weighted by atomic mass is 19.1. The minimum absolute atomic E-state index is 0.110. The molecule has 88 valence electrons. The minimum atomic E-state index is -0.617. The Labute approximate surface area is 93.6 Å². The van der Waals surface area contributed by atoms with Crippen LogP contribution in [0.5, 0.6) is 5.75 Å². The molecule has 1 aliphatic rings. The van der Waals surface area contributed by atoms with Crippen LogP contribution in [0.25, 0.3) is 0 Å². The molecule has 1 N–H and O–H groups in total. The first-order valence-corrected chi connectivity index (χ1v) is 5.50. The molecule has 0 aromatic heterocycles. The van der Waals surface area contributed by atoms with Gasteiger partial charge >= 0.3 is 0 Å². The Morgan fingerprint density at radius 2 is 2.12 bits per heavy atom. The molecule has 0 radical (unpaired) electrons. The molecular weight excluding hydrogens is 212 g/mol. The summed E-state index contributed by atoms with van der Waals surface area (Å²) >= 11 is 0. The van der Waals surface area contributed by atoms with E-state index in [0.717, 1.165) is 18.9 Å². The number of hydrogen-bond donors (Lipinski definition) is 1. The number of nitrogens with one attached hydrogen (secondary N) is 1. The van der Waals surface area contributed by atoms with E-state index in [1.807, 2.05) is 6.92 Å². The largest absolute Gasteiger partial charge is 0.485 e. The second kappa shape index (κ2) is 4.37. The Kier molecular flexibility index (Phi) is 3.10. The monoisotopic (exact) mass is 227 g/mol. The summed E-state index contributed by atoms with van der Waals surface area (Å²) in [5.74, 6) is -0.981. The highest BCUT2D eigenvalue weighted by molar-refractivity contribution is 5.42. The van der Waals surface area contributed by atoms with E-state index in [-0.39, 0.29) is 17.9 Å². The van der Waals surface area contributed by atoms with Crippen molar-refractivity contribution in [3.05, 3.63) is 29.3 Å². The highest BCUT2D eigenvalue weighted by Crippen LogP contribution is 2.40. The Balaban J connectivity index is 2.38. The van der Waals surface area contributed by atoms with Crippen molar-refractivity contribution < 1.29 is 13.5 Å². The van der Waals surface area contributed by atoms with Gasteiger partial charge in [0.25, 0.3) is 0 Å². The van der Waals surface area contributed by atoms with Crippen LogP contribution in [0.4, 0.5) is 8.78 Å². The highest BCUT2D eigenvalue weighted by Gasteiger charge is 2.35. The van der Waals surface area contributed by atoms with Crippen molar-refractivity contribution in [1.82, 2.24) is 5.32 Å². The smallest absolute Gasteiger partial charge is 0.168 e. The summed E-state index contributed by atoms with van der Waals surface area (Å²) in [6, 6.07) is 2.08. The van der Waals surface area contributed by atoms with E-state index >= 15 is 0 Å². The Morgan fingerprint density at radius 3 is 2.75 bits per heavy atom. The molecule has 0 fully saturated rings. The third kappa shape index (κ3) is 1.78. The fraction of sp³-hybridized carbons (Fsp3) is 0.500. The number of ether oxygens (including phenoxy) is 1. The zero-order valence-corrected chi connectivity index (χ0v) is 9.39. The predicted molar refractivity (Wildman–Crippen MR) is 57.5 cm³/mol. The van der Waals surface area contributed by atoms with E-state index in [2.05, 4.69) is 5.32 Å². The fourth-order valence-electron chi connectivity index (χ4n) is 2.21. The number of halogens is 2. The molecule has 2 unspecified atom stereocenters. The van der Waals surface area contributed by atoms with Crippen LogP contribution in [-0.2, 0) is 0 Å². The molecule has 0 bridgehead atoms. The third-order valence-electron chi connectivity index (χ3n) is 2.90. The van der Waals surface area contributed by atoms with Crippen molar-refractivity contribution in [2.45, 2.75) is 31.9 Å². The van der Waals surface area contributed by atoms with Crippen molar-refractivity contribution in [3.63, 3.8) is 0 Å². The van der Waals surface area contributed by atoms with Crippen LogP contribution in [-0.4, -0.2) is 13.2 Å². The lowest BCUT2D eigenvalue weighted by Crippen LogP contribution is -2.28. The van der Waals surface area contributed by atoms with Gasteiger partial charge in [-0.2, -0.15) is 0 Å². The van der Waals surface area contributed by atoms with Crippen LogP contribution in [0.1, 0.15) is 31.4 Å². The topological polar surface area (TPSA) is 21.3 Å². The van der Waals surface area contributed by atoms with Crippen LogP contribution in [0, 0.1) is 11.6 Å². The van der Waals surface area contributed by atoms with Crippen LogP contribution < -0.4 is 10.1 Å². The Hall–Kier alpha value is -1.16.